The van der Waals surface area contributed by atoms with Crippen molar-refractivity contribution in [1.82, 2.24) is 19.9 Å². The monoisotopic (exact) mass is 359 g/mol. The number of hydrogen-bond donors (Lipinski definition) is 0. The predicted octanol–water partition coefficient (Wildman–Crippen LogP) is 2.05. The molecule has 0 unspecified atom stereocenters. The molecule has 0 aliphatic carbocycles. The number of rotatable bonds is 3. The molecule has 0 amide bonds. The van der Waals surface area contributed by atoms with Crippen molar-refractivity contribution in [3.05, 3.63) is 36.0 Å². The number of fused-ring (bicyclic) bond motifs is 1. The van der Waals surface area contributed by atoms with E-state index in [9.17, 15) is 4.39 Å². The minimum Gasteiger partial charge on any atom is -0.484 e. The van der Waals surface area contributed by atoms with Gasteiger partial charge in [0.25, 0.3) is 5.88 Å². The third-order valence-electron chi connectivity index (χ3n) is 4.92. The molecule has 138 valence electrons. The number of anilines is 1. The average Bonchev–Trinajstić information content (AvgIpc) is 2.67. The van der Waals surface area contributed by atoms with Gasteiger partial charge in [-0.15, -0.1) is 0 Å². The number of nitrogens with zero attached hydrogens (tertiary/aromatic N) is 5. The highest BCUT2D eigenvalue weighted by Gasteiger charge is 2.32. The van der Waals surface area contributed by atoms with Crippen LogP contribution in [0, 0.1) is 5.82 Å². The van der Waals surface area contributed by atoms with Gasteiger partial charge in [0.15, 0.2) is 5.75 Å². The first-order chi connectivity index (χ1) is 12.6. The van der Waals surface area contributed by atoms with Crippen molar-refractivity contribution in [1.29, 1.82) is 0 Å². The highest BCUT2D eigenvalue weighted by molar-refractivity contribution is 5.37. The molecular weight excluding hydrogens is 337 g/mol. The summed E-state index contributed by atoms with van der Waals surface area (Å²) in [4.78, 5) is 17.4. The lowest BCUT2D eigenvalue weighted by Gasteiger charge is -2.42. The molecule has 2 aliphatic heterocycles. The summed E-state index contributed by atoms with van der Waals surface area (Å²) in [6, 6.07) is 3.23. The zero-order valence-electron chi connectivity index (χ0n) is 14.9. The predicted molar refractivity (Wildman–Crippen MR) is 94.0 cm³/mol. The molecule has 0 radical (unpaired) electrons. The Morgan fingerprint density at radius 1 is 1.19 bits per heavy atom. The maximum absolute atomic E-state index is 14.6. The number of hydrogen-bond acceptors (Lipinski definition) is 7. The Bertz CT molecular complexity index is 776. The number of ether oxygens (including phenoxy) is 2. The first kappa shape index (κ1) is 17.0. The highest BCUT2D eigenvalue weighted by atomic mass is 19.1. The number of pyridine rings is 1. The van der Waals surface area contributed by atoms with Crippen molar-refractivity contribution >= 4 is 5.95 Å². The van der Waals surface area contributed by atoms with Gasteiger partial charge in [-0.05, 0) is 19.9 Å². The summed E-state index contributed by atoms with van der Waals surface area (Å²) in [6.07, 6.45) is 3.49. The molecule has 1 fully saturated rings. The second kappa shape index (κ2) is 7.03. The van der Waals surface area contributed by atoms with Crippen molar-refractivity contribution in [3.63, 3.8) is 0 Å². The lowest BCUT2D eigenvalue weighted by molar-refractivity contribution is 0.128. The van der Waals surface area contributed by atoms with Crippen LogP contribution in [0.3, 0.4) is 0 Å². The van der Waals surface area contributed by atoms with Gasteiger partial charge in [-0.1, -0.05) is 0 Å². The maximum Gasteiger partial charge on any atom is 0.257 e. The standard InChI is InChI=1S/C18H22FN5O2/c1-12-11-23(18-20-4-3-5-21-18)6-7-24(12)13(2)16-14(19)10-15-17(22-16)26-9-8-25-15/h3-5,10,12-13H,6-9,11H2,1-2H3/t12-,13+/m0/s1. The molecule has 7 nitrogen and oxygen atoms in total. The summed E-state index contributed by atoms with van der Waals surface area (Å²) in [5.74, 6) is 1.13. The minimum atomic E-state index is -0.359. The van der Waals surface area contributed by atoms with Gasteiger partial charge in [0.2, 0.25) is 5.95 Å². The Morgan fingerprint density at radius 3 is 2.73 bits per heavy atom. The van der Waals surface area contributed by atoms with Gasteiger partial charge in [-0.2, -0.15) is 0 Å². The number of halogens is 1. The summed E-state index contributed by atoms with van der Waals surface area (Å²) in [5.41, 5.74) is 0.394. The van der Waals surface area contributed by atoms with E-state index in [1.165, 1.54) is 6.07 Å². The van der Waals surface area contributed by atoms with E-state index in [4.69, 9.17) is 9.47 Å². The van der Waals surface area contributed by atoms with Gasteiger partial charge in [0.1, 0.15) is 19.0 Å². The molecule has 26 heavy (non-hydrogen) atoms. The van der Waals surface area contributed by atoms with Gasteiger partial charge in [-0.3, -0.25) is 4.90 Å². The molecule has 4 heterocycles. The van der Waals surface area contributed by atoms with Crippen molar-refractivity contribution in [2.24, 2.45) is 0 Å². The summed E-state index contributed by atoms with van der Waals surface area (Å²) in [7, 11) is 0. The summed E-state index contributed by atoms with van der Waals surface area (Å²) < 4.78 is 25.5. The van der Waals surface area contributed by atoms with E-state index >= 15 is 0 Å². The molecule has 0 spiro atoms. The molecule has 0 saturated carbocycles. The maximum atomic E-state index is 14.6. The van der Waals surface area contributed by atoms with E-state index in [-0.39, 0.29) is 17.9 Å². The van der Waals surface area contributed by atoms with E-state index in [0.717, 1.165) is 25.6 Å². The van der Waals surface area contributed by atoms with Crippen LogP contribution in [0.4, 0.5) is 10.3 Å². The minimum absolute atomic E-state index is 0.167. The van der Waals surface area contributed by atoms with E-state index in [0.29, 0.717) is 30.5 Å². The van der Waals surface area contributed by atoms with Crippen LogP contribution in [0.25, 0.3) is 0 Å². The first-order valence-corrected chi connectivity index (χ1v) is 8.87. The van der Waals surface area contributed by atoms with Gasteiger partial charge < -0.3 is 14.4 Å². The van der Waals surface area contributed by atoms with Crippen molar-refractivity contribution in [2.45, 2.75) is 25.9 Å². The zero-order chi connectivity index (χ0) is 18.1. The van der Waals surface area contributed by atoms with Crippen LogP contribution in [0.15, 0.2) is 24.5 Å². The quantitative estimate of drug-likeness (QED) is 0.831. The van der Waals surface area contributed by atoms with Gasteiger partial charge in [0, 0.05) is 44.1 Å². The van der Waals surface area contributed by atoms with Crippen molar-refractivity contribution < 1.29 is 13.9 Å². The normalized spacial score (nSPS) is 21.5. The summed E-state index contributed by atoms with van der Waals surface area (Å²) >= 11 is 0. The molecule has 2 aromatic heterocycles. The van der Waals surface area contributed by atoms with Crippen LogP contribution >= 0.6 is 0 Å². The molecule has 0 N–H and O–H groups in total. The average molecular weight is 359 g/mol. The topological polar surface area (TPSA) is 63.6 Å². The van der Waals surface area contributed by atoms with Gasteiger partial charge in [-0.25, -0.2) is 19.3 Å². The third-order valence-corrected chi connectivity index (χ3v) is 4.92. The van der Waals surface area contributed by atoms with Crippen LogP contribution < -0.4 is 14.4 Å². The van der Waals surface area contributed by atoms with Crippen LogP contribution in [-0.2, 0) is 0 Å². The fourth-order valence-corrected chi connectivity index (χ4v) is 3.60. The SMILES string of the molecule is C[C@H](c1nc2c(cc1F)OCCO2)N1CCN(c2ncccn2)C[C@@H]1C. The zero-order valence-corrected chi connectivity index (χ0v) is 14.9. The Balaban J connectivity index is 1.51. The highest BCUT2D eigenvalue weighted by Crippen LogP contribution is 2.34. The smallest absolute Gasteiger partial charge is 0.257 e. The van der Waals surface area contributed by atoms with Gasteiger partial charge in [0.05, 0.1) is 11.7 Å². The molecule has 2 aliphatic rings. The Kier molecular flexibility index (Phi) is 4.58. The van der Waals surface area contributed by atoms with Crippen molar-refractivity contribution in [2.75, 3.05) is 37.7 Å². The Morgan fingerprint density at radius 2 is 1.96 bits per heavy atom. The molecule has 2 atom stereocenters. The van der Waals surface area contributed by atoms with Crippen LogP contribution in [0.2, 0.25) is 0 Å². The second-order valence-corrected chi connectivity index (χ2v) is 6.61. The fourth-order valence-electron chi connectivity index (χ4n) is 3.60. The Labute approximate surface area is 151 Å². The van der Waals surface area contributed by atoms with E-state index in [2.05, 4.69) is 31.7 Å². The third kappa shape index (κ3) is 3.16. The van der Waals surface area contributed by atoms with E-state index < -0.39 is 0 Å². The second-order valence-electron chi connectivity index (χ2n) is 6.61. The molecule has 4 rings (SSSR count). The number of aromatic nitrogens is 3. The number of piperazine rings is 1. The molecular formula is C18H22FN5O2. The molecule has 1 saturated heterocycles. The van der Waals surface area contributed by atoms with Crippen molar-refractivity contribution in [3.8, 4) is 11.6 Å². The molecule has 2 aromatic rings. The molecule has 0 aromatic carbocycles. The van der Waals surface area contributed by atoms with Crippen LogP contribution in [-0.4, -0.2) is 58.7 Å². The fraction of sp³-hybridized carbons (Fsp3) is 0.500. The summed E-state index contributed by atoms with van der Waals surface area (Å²) in [6.45, 7) is 7.30. The Hall–Kier alpha value is -2.48. The van der Waals surface area contributed by atoms with E-state index in [1.807, 2.05) is 13.0 Å². The summed E-state index contributed by atoms with van der Waals surface area (Å²) in [5, 5.41) is 0. The van der Waals surface area contributed by atoms with Crippen LogP contribution in [0.1, 0.15) is 25.6 Å². The largest absolute Gasteiger partial charge is 0.484 e. The first-order valence-electron chi connectivity index (χ1n) is 8.87. The lowest BCUT2D eigenvalue weighted by Crippen LogP contribution is -2.53. The van der Waals surface area contributed by atoms with Crippen LogP contribution in [0.5, 0.6) is 11.6 Å². The lowest BCUT2D eigenvalue weighted by atomic mass is 10.1. The molecule has 8 heteroatoms. The van der Waals surface area contributed by atoms with Gasteiger partial charge >= 0.3 is 0 Å². The molecule has 0 bridgehead atoms. The van der Waals surface area contributed by atoms with E-state index in [1.54, 1.807) is 12.4 Å².